The molecule has 0 amide bonds. The van der Waals surface area contributed by atoms with Gasteiger partial charge in [0, 0.05) is 0 Å². The number of unbranched alkanes of at least 4 members (excludes halogenated alkanes) is 1. The van der Waals surface area contributed by atoms with Crippen molar-refractivity contribution in [3.8, 4) is 0 Å². The molecule has 0 aliphatic carbocycles. The standard InChI is InChI=1S/C13H25O4/c1-6-7-8-16-12(14)11(17-15)10(2)9-13(3,4)5/h10-11H,6-9H2,1-5H3. The highest BCUT2D eigenvalue weighted by molar-refractivity contribution is 5.74. The fraction of sp³-hybridized carbons (Fsp3) is 0.923. The smallest absolute Gasteiger partial charge is 0.339 e. The molecule has 17 heavy (non-hydrogen) atoms. The monoisotopic (exact) mass is 245 g/mol. The van der Waals surface area contributed by atoms with E-state index in [9.17, 15) is 10.1 Å². The second-order valence-electron chi connectivity index (χ2n) is 5.78. The van der Waals surface area contributed by atoms with Gasteiger partial charge >= 0.3 is 5.97 Å². The van der Waals surface area contributed by atoms with Crippen molar-refractivity contribution in [2.45, 2.75) is 60.0 Å². The van der Waals surface area contributed by atoms with Crippen LogP contribution in [0.3, 0.4) is 0 Å². The van der Waals surface area contributed by atoms with E-state index in [0.717, 1.165) is 19.3 Å². The first-order valence-electron chi connectivity index (χ1n) is 6.27. The number of carbonyl (C=O) groups is 1. The number of hydrogen-bond donors (Lipinski definition) is 0. The van der Waals surface area contributed by atoms with Gasteiger partial charge in [-0.15, -0.1) is 0 Å². The molecular weight excluding hydrogens is 220 g/mol. The van der Waals surface area contributed by atoms with Gasteiger partial charge in [-0.3, -0.25) is 0 Å². The van der Waals surface area contributed by atoms with Gasteiger partial charge in [0.2, 0.25) is 0 Å². The average molecular weight is 245 g/mol. The third-order valence-electron chi connectivity index (χ3n) is 2.53. The van der Waals surface area contributed by atoms with Crippen molar-refractivity contribution in [1.82, 2.24) is 0 Å². The molecule has 0 saturated heterocycles. The summed E-state index contributed by atoms with van der Waals surface area (Å²) in [6, 6.07) is 0. The Labute approximate surface area is 104 Å². The topological polar surface area (TPSA) is 55.4 Å². The lowest BCUT2D eigenvalue weighted by Crippen LogP contribution is -2.34. The molecule has 101 valence electrons. The molecule has 0 aromatic carbocycles. The summed E-state index contributed by atoms with van der Waals surface area (Å²) in [5.41, 5.74) is 0.0555. The second-order valence-corrected chi connectivity index (χ2v) is 5.78. The maximum absolute atomic E-state index is 11.6. The highest BCUT2D eigenvalue weighted by Gasteiger charge is 2.31. The minimum absolute atomic E-state index is 0.0555. The van der Waals surface area contributed by atoms with Crippen LogP contribution >= 0.6 is 0 Å². The molecule has 4 nitrogen and oxygen atoms in total. The number of esters is 1. The molecular formula is C13H25O4. The van der Waals surface area contributed by atoms with Crippen molar-refractivity contribution in [2.75, 3.05) is 6.61 Å². The fourth-order valence-electron chi connectivity index (χ4n) is 1.84. The molecule has 2 unspecified atom stereocenters. The molecule has 0 aromatic heterocycles. The minimum atomic E-state index is -0.994. The molecule has 2 atom stereocenters. The average Bonchev–Trinajstić information content (AvgIpc) is 2.16. The first-order valence-corrected chi connectivity index (χ1v) is 6.27. The lowest BCUT2D eigenvalue weighted by Gasteiger charge is -2.26. The summed E-state index contributed by atoms with van der Waals surface area (Å²) in [4.78, 5) is 15.7. The van der Waals surface area contributed by atoms with E-state index in [4.69, 9.17) is 4.74 Å². The van der Waals surface area contributed by atoms with Crippen LogP contribution in [-0.2, 0) is 19.7 Å². The van der Waals surface area contributed by atoms with Crippen LogP contribution in [0.1, 0.15) is 53.9 Å². The summed E-state index contributed by atoms with van der Waals surface area (Å²) in [7, 11) is 0. The highest BCUT2D eigenvalue weighted by atomic mass is 17.1. The zero-order valence-corrected chi connectivity index (χ0v) is 11.6. The van der Waals surface area contributed by atoms with Gasteiger partial charge in [0.25, 0.3) is 0 Å². The second kappa shape index (κ2) is 7.67. The SMILES string of the molecule is CCCCOC(=O)C(O[O])C(C)CC(C)(C)C. The number of hydrogen-bond acceptors (Lipinski definition) is 3. The van der Waals surface area contributed by atoms with E-state index in [1.165, 1.54) is 0 Å². The van der Waals surface area contributed by atoms with E-state index in [2.05, 4.69) is 25.7 Å². The first kappa shape index (κ1) is 16.4. The summed E-state index contributed by atoms with van der Waals surface area (Å²) >= 11 is 0. The Morgan fingerprint density at radius 3 is 2.29 bits per heavy atom. The van der Waals surface area contributed by atoms with Gasteiger partial charge in [0.1, 0.15) is 0 Å². The largest absolute Gasteiger partial charge is 0.464 e. The predicted molar refractivity (Wildman–Crippen MR) is 64.7 cm³/mol. The first-order chi connectivity index (χ1) is 7.81. The van der Waals surface area contributed by atoms with Crippen molar-refractivity contribution < 1.29 is 19.7 Å². The molecule has 0 bridgehead atoms. The maximum Gasteiger partial charge on any atom is 0.339 e. The van der Waals surface area contributed by atoms with E-state index in [1.54, 1.807) is 0 Å². The van der Waals surface area contributed by atoms with Crippen LogP contribution in [0, 0.1) is 11.3 Å². The molecule has 0 aliphatic rings. The molecule has 0 fully saturated rings. The Balaban J connectivity index is 4.24. The van der Waals surface area contributed by atoms with Gasteiger partial charge in [-0.2, -0.15) is 4.89 Å². The van der Waals surface area contributed by atoms with Gasteiger partial charge in [0.15, 0.2) is 6.10 Å². The normalized spacial score (nSPS) is 15.4. The predicted octanol–water partition coefficient (Wildman–Crippen LogP) is 3.13. The molecule has 0 N–H and O–H groups in total. The maximum atomic E-state index is 11.6. The van der Waals surface area contributed by atoms with E-state index in [1.807, 2.05) is 13.8 Å². The lowest BCUT2D eigenvalue weighted by atomic mass is 9.83. The van der Waals surface area contributed by atoms with Crippen molar-refractivity contribution in [3.63, 3.8) is 0 Å². The van der Waals surface area contributed by atoms with Crippen LogP contribution in [0.25, 0.3) is 0 Å². The minimum Gasteiger partial charge on any atom is -0.464 e. The van der Waals surface area contributed by atoms with Crippen LogP contribution in [0.5, 0.6) is 0 Å². The van der Waals surface area contributed by atoms with Crippen LogP contribution in [0.2, 0.25) is 0 Å². The Kier molecular flexibility index (Phi) is 7.39. The Morgan fingerprint density at radius 2 is 1.88 bits per heavy atom. The van der Waals surface area contributed by atoms with Crippen molar-refractivity contribution in [2.24, 2.45) is 11.3 Å². The summed E-state index contributed by atoms with van der Waals surface area (Å²) in [5.74, 6) is -0.674. The quantitative estimate of drug-likeness (QED) is 0.300. The van der Waals surface area contributed by atoms with Crippen LogP contribution < -0.4 is 0 Å². The number of carbonyl (C=O) groups excluding carboxylic acids is 1. The van der Waals surface area contributed by atoms with Gasteiger partial charge in [-0.05, 0) is 29.4 Å². The van der Waals surface area contributed by atoms with E-state index in [0.29, 0.717) is 6.61 Å². The molecule has 0 rings (SSSR count). The zero-order chi connectivity index (χ0) is 13.5. The summed E-state index contributed by atoms with van der Waals surface area (Å²) in [5, 5.41) is 10.6. The van der Waals surface area contributed by atoms with Crippen molar-refractivity contribution in [3.05, 3.63) is 0 Å². The lowest BCUT2D eigenvalue weighted by molar-refractivity contribution is -0.339. The highest BCUT2D eigenvalue weighted by Crippen LogP contribution is 2.27. The number of rotatable bonds is 7. The van der Waals surface area contributed by atoms with Gasteiger partial charge in [-0.1, -0.05) is 41.0 Å². The zero-order valence-electron chi connectivity index (χ0n) is 11.6. The third-order valence-corrected chi connectivity index (χ3v) is 2.53. The van der Waals surface area contributed by atoms with Crippen LogP contribution in [-0.4, -0.2) is 18.7 Å². The molecule has 0 spiro atoms. The number of ether oxygens (including phenoxy) is 1. The summed E-state index contributed by atoms with van der Waals surface area (Å²) in [6.45, 7) is 10.4. The van der Waals surface area contributed by atoms with Crippen molar-refractivity contribution in [1.29, 1.82) is 0 Å². The molecule has 0 saturated carbocycles. The Bertz CT molecular complexity index is 220. The third kappa shape index (κ3) is 7.34. The fourth-order valence-corrected chi connectivity index (χ4v) is 1.84. The van der Waals surface area contributed by atoms with E-state index in [-0.39, 0.29) is 11.3 Å². The van der Waals surface area contributed by atoms with Crippen LogP contribution in [0.15, 0.2) is 0 Å². The summed E-state index contributed by atoms with van der Waals surface area (Å²) in [6.07, 6.45) is 1.51. The van der Waals surface area contributed by atoms with E-state index < -0.39 is 12.1 Å². The van der Waals surface area contributed by atoms with Crippen LogP contribution in [0.4, 0.5) is 0 Å². The Hall–Kier alpha value is -0.610. The van der Waals surface area contributed by atoms with Gasteiger partial charge < -0.3 is 4.74 Å². The molecule has 4 heteroatoms. The van der Waals surface area contributed by atoms with Gasteiger partial charge in [0.05, 0.1) is 6.61 Å². The molecule has 0 heterocycles. The molecule has 0 aromatic rings. The van der Waals surface area contributed by atoms with E-state index >= 15 is 0 Å². The molecule has 0 aliphatic heterocycles. The molecule has 1 radical (unpaired) electrons. The summed E-state index contributed by atoms with van der Waals surface area (Å²) < 4.78 is 5.01. The van der Waals surface area contributed by atoms with Gasteiger partial charge in [-0.25, -0.2) is 4.79 Å². The Morgan fingerprint density at radius 1 is 1.29 bits per heavy atom. The van der Waals surface area contributed by atoms with Crippen molar-refractivity contribution >= 4 is 5.97 Å².